The molecule has 2 aromatic carbocycles. The van der Waals surface area contributed by atoms with Crippen molar-refractivity contribution < 1.29 is 19.1 Å². The summed E-state index contributed by atoms with van der Waals surface area (Å²) >= 11 is 0. The van der Waals surface area contributed by atoms with Crippen LogP contribution in [0.5, 0.6) is 0 Å². The fourth-order valence-corrected chi connectivity index (χ4v) is 1.85. The van der Waals surface area contributed by atoms with Crippen molar-refractivity contribution in [2.75, 3.05) is 7.11 Å². The van der Waals surface area contributed by atoms with Gasteiger partial charge in [-0.2, -0.15) is 0 Å². The Hall–Kier alpha value is -2.62. The van der Waals surface area contributed by atoms with Crippen LogP contribution in [0.1, 0.15) is 21.5 Å². The highest BCUT2D eigenvalue weighted by atomic mass is 16.5. The van der Waals surface area contributed by atoms with Gasteiger partial charge in [0.1, 0.15) is 6.61 Å². The highest BCUT2D eigenvalue weighted by Gasteiger charge is 2.10. The first-order valence-electron chi connectivity index (χ1n) is 6.56. The van der Waals surface area contributed by atoms with Gasteiger partial charge < -0.3 is 9.47 Å². The number of carbonyl (C=O) groups is 2. The van der Waals surface area contributed by atoms with E-state index in [0.29, 0.717) is 5.56 Å². The molecule has 0 spiro atoms. The Morgan fingerprint density at radius 3 is 2.38 bits per heavy atom. The maximum atomic E-state index is 12.0. The molecule has 0 aliphatic heterocycles. The molecule has 0 radical (unpaired) electrons. The summed E-state index contributed by atoms with van der Waals surface area (Å²) in [5, 5.41) is 0. The van der Waals surface area contributed by atoms with Crippen molar-refractivity contribution in [3.8, 4) is 0 Å². The summed E-state index contributed by atoms with van der Waals surface area (Å²) in [6.45, 7) is 0.223. The minimum Gasteiger partial charge on any atom is -0.469 e. The maximum absolute atomic E-state index is 12.0. The van der Waals surface area contributed by atoms with Gasteiger partial charge in [0.15, 0.2) is 0 Å². The van der Waals surface area contributed by atoms with Crippen LogP contribution in [-0.2, 0) is 27.3 Å². The Morgan fingerprint density at radius 1 is 0.952 bits per heavy atom. The largest absolute Gasteiger partial charge is 0.469 e. The third kappa shape index (κ3) is 4.45. The van der Waals surface area contributed by atoms with Crippen molar-refractivity contribution >= 4 is 11.9 Å². The number of carbonyl (C=O) groups excluding carboxylic acids is 2. The highest BCUT2D eigenvalue weighted by Crippen LogP contribution is 2.10. The molecule has 0 aliphatic carbocycles. The summed E-state index contributed by atoms with van der Waals surface area (Å²) < 4.78 is 9.85. The van der Waals surface area contributed by atoms with Gasteiger partial charge in [0, 0.05) is 0 Å². The lowest BCUT2D eigenvalue weighted by Crippen LogP contribution is -2.08. The Morgan fingerprint density at radius 2 is 1.67 bits per heavy atom. The Kier molecular flexibility index (Phi) is 5.10. The van der Waals surface area contributed by atoms with E-state index in [1.54, 1.807) is 24.3 Å². The summed E-state index contributed by atoms with van der Waals surface area (Å²) in [6.07, 6.45) is 0.135. The lowest BCUT2D eigenvalue weighted by atomic mass is 10.1. The smallest absolute Gasteiger partial charge is 0.338 e. The van der Waals surface area contributed by atoms with Crippen LogP contribution in [0.2, 0.25) is 0 Å². The lowest BCUT2D eigenvalue weighted by molar-refractivity contribution is -0.139. The summed E-state index contributed by atoms with van der Waals surface area (Å²) in [6, 6.07) is 16.3. The number of esters is 2. The molecule has 0 N–H and O–H groups in total. The van der Waals surface area contributed by atoms with Crippen LogP contribution >= 0.6 is 0 Å². The van der Waals surface area contributed by atoms with Crippen molar-refractivity contribution in [2.24, 2.45) is 0 Å². The number of hydrogen-bond acceptors (Lipinski definition) is 4. The molecule has 108 valence electrons. The molecule has 0 aliphatic rings. The standard InChI is InChI=1S/C17H16O4/c1-20-16(18)11-14-8-5-9-15(10-14)17(19)21-12-13-6-3-2-4-7-13/h2-10H,11-12H2,1H3. The van der Waals surface area contributed by atoms with E-state index < -0.39 is 5.97 Å². The van der Waals surface area contributed by atoms with Gasteiger partial charge in [-0.3, -0.25) is 4.79 Å². The van der Waals surface area contributed by atoms with Crippen molar-refractivity contribution in [1.29, 1.82) is 0 Å². The van der Waals surface area contributed by atoms with Crippen LogP contribution in [-0.4, -0.2) is 19.0 Å². The SMILES string of the molecule is COC(=O)Cc1cccc(C(=O)OCc2ccccc2)c1. The van der Waals surface area contributed by atoms with E-state index in [9.17, 15) is 9.59 Å². The number of rotatable bonds is 5. The minimum absolute atomic E-state index is 0.135. The molecule has 4 nitrogen and oxygen atoms in total. The predicted octanol–water partition coefficient (Wildman–Crippen LogP) is 2.76. The molecule has 0 unspecified atom stereocenters. The monoisotopic (exact) mass is 284 g/mol. The van der Waals surface area contributed by atoms with E-state index in [1.807, 2.05) is 30.3 Å². The van der Waals surface area contributed by atoms with E-state index in [-0.39, 0.29) is 19.0 Å². The minimum atomic E-state index is -0.412. The molecule has 0 aromatic heterocycles. The second-order valence-corrected chi connectivity index (χ2v) is 4.52. The molecule has 0 fully saturated rings. The van der Waals surface area contributed by atoms with Gasteiger partial charge >= 0.3 is 11.9 Å². The predicted molar refractivity (Wildman–Crippen MR) is 77.7 cm³/mol. The second kappa shape index (κ2) is 7.24. The molecule has 2 aromatic rings. The summed E-state index contributed by atoms with van der Waals surface area (Å²) in [7, 11) is 1.33. The fourth-order valence-electron chi connectivity index (χ4n) is 1.85. The van der Waals surface area contributed by atoms with Gasteiger partial charge in [0.25, 0.3) is 0 Å². The molecule has 2 rings (SSSR count). The van der Waals surface area contributed by atoms with Crippen LogP contribution in [0, 0.1) is 0 Å². The van der Waals surface area contributed by atoms with Gasteiger partial charge in [0.05, 0.1) is 19.1 Å². The van der Waals surface area contributed by atoms with Gasteiger partial charge in [-0.1, -0.05) is 42.5 Å². The first-order chi connectivity index (χ1) is 10.2. The molecule has 0 saturated heterocycles. The van der Waals surface area contributed by atoms with E-state index in [4.69, 9.17) is 4.74 Å². The van der Waals surface area contributed by atoms with Crippen LogP contribution in [0.25, 0.3) is 0 Å². The van der Waals surface area contributed by atoms with Crippen LogP contribution < -0.4 is 0 Å². The van der Waals surface area contributed by atoms with Crippen molar-refractivity contribution in [3.05, 3.63) is 71.3 Å². The summed E-state index contributed by atoms with van der Waals surface area (Å²) in [5.74, 6) is -0.754. The summed E-state index contributed by atoms with van der Waals surface area (Å²) in [4.78, 5) is 23.2. The van der Waals surface area contributed by atoms with Gasteiger partial charge in [-0.25, -0.2) is 4.79 Å². The van der Waals surface area contributed by atoms with Crippen LogP contribution in [0.4, 0.5) is 0 Å². The number of methoxy groups -OCH3 is 1. The normalized spacial score (nSPS) is 9.95. The highest BCUT2D eigenvalue weighted by molar-refractivity contribution is 5.89. The number of ether oxygens (including phenoxy) is 2. The van der Waals surface area contributed by atoms with Gasteiger partial charge in [-0.05, 0) is 23.3 Å². The Bertz CT molecular complexity index is 620. The molecule has 0 amide bonds. The van der Waals surface area contributed by atoms with Crippen LogP contribution in [0.3, 0.4) is 0 Å². The second-order valence-electron chi connectivity index (χ2n) is 4.52. The molecule has 0 atom stereocenters. The molecular formula is C17H16O4. The molecule has 0 bridgehead atoms. The zero-order valence-electron chi connectivity index (χ0n) is 11.7. The Labute approximate surface area is 123 Å². The van der Waals surface area contributed by atoms with E-state index in [1.165, 1.54) is 7.11 Å². The lowest BCUT2D eigenvalue weighted by Gasteiger charge is -2.06. The molecular weight excluding hydrogens is 268 g/mol. The molecule has 21 heavy (non-hydrogen) atoms. The first kappa shape index (κ1) is 14.8. The van der Waals surface area contributed by atoms with E-state index in [2.05, 4.69) is 4.74 Å². The quantitative estimate of drug-likeness (QED) is 0.792. The van der Waals surface area contributed by atoms with Crippen molar-refractivity contribution in [2.45, 2.75) is 13.0 Å². The van der Waals surface area contributed by atoms with Gasteiger partial charge in [-0.15, -0.1) is 0 Å². The Balaban J connectivity index is 1.99. The number of hydrogen-bond donors (Lipinski definition) is 0. The van der Waals surface area contributed by atoms with Crippen molar-refractivity contribution in [1.82, 2.24) is 0 Å². The van der Waals surface area contributed by atoms with Gasteiger partial charge in [0.2, 0.25) is 0 Å². The molecule has 4 heteroatoms. The zero-order valence-corrected chi connectivity index (χ0v) is 11.7. The maximum Gasteiger partial charge on any atom is 0.338 e. The average Bonchev–Trinajstić information content (AvgIpc) is 2.53. The topological polar surface area (TPSA) is 52.6 Å². The fraction of sp³-hybridized carbons (Fsp3) is 0.176. The third-order valence-corrected chi connectivity index (χ3v) is 2.95. The molecule has 0 heterocycles. The van der Waals surface area contributed by atoms with Crippen LogP contribution in [0.15, 0.2) is 54.6 Å². The molecule has 0 saturated carbocycles. The summed E-state index contributed by atoms with van der Waals surface area (Å²) in [5.41, 5.74) is 2.07. The average molecular weight is 284 g/mol. The zero-order chi connectivity index (χ0) is 15.1. The van der Waals surface area contributed by atoms with E-state index in [0.717, 1.165) is 11.1 Å². The number of benzene rings is 2. The van der Waals surface area contributed by atoms with Crippen molar-refractivity contribution in [3.63, 3.8) is 0 Å². The van der Waals surface area contributed by atoms with E-state index >= 15 is 0 Å². The first-order valence-corrected chi connectivity index (χ1v) is 6.56. The third-order valence-electron chi connectivity index (χ3n) is 2.95.